The van der Waals surface area contributed by atoms with Crippen LogP contribution in [-0.2, 0) is 21.2 Å². The van der Waals surface area contributed by atoms with Gasteiger partial charge in [0.1, 0.15) is 0 Å². The smallest absolute Gasteiger partial charge is 0.263 e. The van der Waals surface area contributed by atoms with Gasteiger partial charge in [-0.15, -0.1) is 0 Å². The van der Waals surface area contributed by atoms with E-state index in [1.807, 2.05) is 24.3 Å². The first-order valence-corrected chi connectivity index (χ1v) is 12.0. The Morgan fingerprint density at radius 3 is 2.37 bits per heavy atom. The Kier molecular flexibility index (Phi) is 6.81. The number of para-hydroxylation sites is 1. The van der Waals surface area contributed by atoms with Crippen molar-refractivity contribution in [1.29, 1.82) is 0 Å². The minimum atomic E-state index is -3.17. The highest BCUT2D eigenvalue weighted by Gasteiger charge is 2.36. The molecule has 0 aliphatic carbocycles. The zero-order valence-corrected chi connectivity index (χ0v) is 18.4. The van der Waals surface area contributed by atoms with Gasteiger partial charge >= 0.3 is 0 Å². The average Bonchev–Trinajstić information content (AvgIpc) is 3.07. The monoisotopic (exact) mass is 433 g/mol. The maximum absolute atomic E-state index is 13.9. The van der Waals surface area contributed by atoms with Crippen molar-refractivity contribution in [1.82, 2.24) is 4.90 Å². The van der Waals surface area contributed by atoms with Crippen molar-refractivity contribution in [2.24, 2.45) is 0 Å². The van der Waals surface area contributed by atoms with Gasteiger partial charge < -0.3 is 9.64 Å². The molecule has 1 aliphatic heterocycles. The van der Waals surface area contributed by atoms with Gasteiger partial charge in [0.25, 0.3) is 5.91 Å². The van der Waals surface area contributed by atoms with E-state index in [0.29, 0.717) is 12.3 Å². The number of carbonyl (C=O) groups is 1. The summed E-state index contributed by atoms with van der Waals surface area (Å²) in [4.78, 5) is 14.8. The van der Waals surface area contributed by atoms with Crippen LogP contribution in [0.2, 0.25) is 0 Å². The van der Waals surface area contributed by atoms with E-state index in [-0.39, 0.29) is 29.7 Å². The largest absolute Gasteiger partial charge is 0.478 e. The third kappa shape index (κ3) is 5.39. The van der Waals surface area contributed by atoms with Crippen molar-refractivity contribution in [2.75, 3.05) is 11.5 Å². The van der Waals surface area contributed by atoms with Gasteiger partial charge in [-0.1, -0.05) is 50.2 Å². The Hall–Kier alpha value is -2.41. The van der Waals surface area contributed by atoms with Gasteiger partial charge in [-0.2, -0.15) is 0 Å². The van der Waals surface area contributed by atoms with E-state index in [2.05, 4.69) is 13.8 Å². The zero-order valence-electron chi connectivity index (χ0n) is 17.5. The van der Waals surface area contributed by atoms with E-state index >= 15 is 0 Å². The summed E-state index contributed by atoms with van der Waals surface area (Å²) in [5.74, 6) is -0.500. The van der Waals surface area contributed by atoms with Crippen LogP contribution >= 0.6 is 0 Å². The lowest BCUT2D eigenvalue weighted by Crippen LogP contribution is -2.46. The number of amides is 1. The summed E-state index contributed by atoms with van der Waals surface area (Å²) < 4.78 is 43.6. The van der Waals surface area contributed by atoms with Gasteiger partial charge in [-0.3, -0.25) is 4.79 Å². The molecule has 2 aromatic carbocycles. The molecule has 2 unspecified atom stereocenters. The molecule has 0 spiro atoms. The Bertz CT molecular complexity index is 989. The molecule has 5 nitrogen and oxygen atoms in total. The highest BCUT2D eigenvalue weighted by atomic mass is 32.2. The van der Waals surface area contributed by atoms with Crippen LogP contribution in [0.3, 0.4) is 0 Å². The van der Waals surface area contributed by atoms with E-state index in [4.69, 9.17) is 4.74 Å². The van der Waals surface area contributed by atoms with Crippen molar-refractivity contribution in [3.63, 3.8) is 0 Å². The number of sulfone groups is 1. The van der Waals surface area contributed by atoms with Gasteiger partial charge in [0.2, 0.25) is 0 Å². The average molecular weight is 434 g/mol. The number of halogens is 1. The van der Waals surface area contributed by atoms with E-state index in [0.717, 1.165) is 5.56 Å². The molecule has 0 N–H and O–H groups in total. The summed E-state index contributed by atoms with van der Waals surface area (Å²) >= 11 is 0. The summed E-state index contributed by atoms with van der Waals surface area (Å²) in [6.07, 6.45) is -0.551. The second-order valence-electron chi connectivity index (χ2n) is 8.11. The van der Waals surface area contributed by atoms with Crippen molar-refractivity contribution < 1.29 is 22.3 Å². The molecule has 1 amide bonds. The highest BCUT2D eigenvalue weighted by Crippen LogP contribution is 2.24. The third-order valence-electron chi connectivity index (χ3n) is 5.42. The summed E-state index contributed by atoms with van der Waals surface area (Å²) in [6.45, 7) is 6.06. The van der Waals surface area contributed by atoms with Crippen LogP contribution in [0, 0.1) is 5.82 Å². The van der Waals surface area contributed by atoms with E-state index in [1.54, 1.807) is 24.0 Å². The lowest BCUT2D eigenvalue weighted by atomic mass is 10.0. The zero-order chi connectivity index (χ0) is 21.9. The minimum Gasteiger partial charge on any atom is -0.478 e. The molecule has 2 atom stereocenters. The summed E-state index contributed by atoms with van der Waals surface area (Å²) in [7, 11) is -3.17. The molecule has 0 aromatic heterocycles. The second kappa shape index (κ2) is 9.16. The van der Waals surface area contributed by atoms with Crippen LogP contribution in [-0.4, -0.2) is 42.9 Å². The van der Waals surface area contributed by atoms with Crippen LogP contribution in [0.15, 0.2) is 48.5 Å². The number of ether oxygens (including phenoxy) is 1. The fourth-order valence-corrected chi connectivity index (χ4v) is 5.36. The summed E-state index contributed by atoms with van der Waals surface area (Å²) in [5.41, 5.74) is 2.10. The normalized spacial score (nSPS) is 18.9. The Morgan fingerprint density at radius 2 is 1.80 bits per heavy atom. The molecular formula is C23H28FNO4S. The molecular weight excluding hydrogens is 405 g/mol. The second-order valence-corrected chi connectivity index (χ2v) is 10.3. The predicted octanol–water partition coefficient (Wildman–Crippen LogP) is 3.93. The standard InChI is InChI=1S/C23H28FNO4S/c1-16(2)19-10-8-18(9-11-19)14-25(20-12-13-30(27,28)15-20)23(26)17(3)29-22-7-5-4-6-21(22)24/h4-11,16-17,20H,12-15H2,1-3H3. The summed E-state index contributed by atoms with van der Waals surface area (Å²) in [5, 5.41) is 0. The van der Waals surface area contributed by atoms with Crippen LogP contribution in [0.4, 0.5) is 4.39 Å². The number of carbonyl (C=O) groups excluding carboxylic acids is 1. The topological polar surface area (TPSA) is 63.7 Å². The SMILES string of the molecule is CC(Oc1ccccc1F)C(=O)N(Cc1ccc(C(C)C)cc1)C1CCS(=O)(=O)C1. The Labute approximate surface area is 177 Å². The van der Waals surface area contributed by atoms with Crippen molar-refractivity contribution in [3.05, 3.63) is 65.5 Å². The third-order valence-corrected chi connectivity index (χ3v) is 7.17. The minimum absolute atomic E-state index is 0.00127. The van der Waals surface area contributed by atoms with Crippen LogP contribution in [0.5, 0.6) is 5.75 Å². The maximum Gasteiger partial charge on any atom is 0.263 e. The van der Waals surface area contributed by atoms with Crippen LogP contribution < -0.4 is 4.74 Å². The van der Waals surface area contributed by atoms with Crippen LogP contribution in [0.1, 0.15) is 44.2 Å². The Morgan fingerprint density at radius 1 is 1.13 bits per heavy atom. The molecule has 30 heavy (non-hydrogen) atoms. The number of benzene rings is 2. The molecule has 0 saturated carbocycles. The molecule has 1 fully saturated rings. The van der Waals surface area contributed by atoms with Gasteiger partial charge in [0.15, 0.2) is 27.5 Å². The molecule has 3 rings (SSSR count). The summed E-state index contributed by atoms with van der Waals surface area (Å²) in [6, 6.07) is 13.5. The van der Waals surface area contributed by atoms with Crippen molar-refractivity contribution in [2.45, 2.75) is 51.8 Å². The number of nitrogens with zero attached hydrogens (tertiary/aromatic N) is 1. The van der Waals surface area contributed by atoms with Crippen molar-refractivity contribution in [3.8, 4) is 5.75 Å². The van der Waals surface area contributed by atoms with E-state index in [9.17, 15) is 17.6 Å². The fraction of sp³-hybridized carbons (Fsp3) is 0.435. The molecule has 2 aromatic rings. The molecule has 0 radical (unpaired) electrons. The van der Waals surface area contributed by atoms with Gasteiger partial charge in [-0.25, -0.2) is 12.8 Å². The first kappa shape index (κ1) is 22.3. The van der Waals surface area contributed by atoms with E-state index in [1.165, 1.54) is 17.7 Å². The number of rotatable bonds is 7. The molecule has 162 valence electrons. The highest BCUT2D eigenvalue weighted by molar-refractivity contribution is 7.91. The number of hydrogen-bond donors (Lipinski definition) is 0. The van der Waals surface area contributed by atoms with Gasteiger partial charge in [0.05, 0.1) is 11.5 Å². The molecule has 1 heterocycles. The molecule has 1 saturated heterocycles. The lowest BCUT2D eigenvalue weighted by molar-refractivity contribution is -0.140. The fourth-order valence-electron chi connectivity index (χ4n) is 3.63. The molecule has 0 bridgehead atoms. The van der Waals surface area contributed by atoms with Gasteiger partial charge in [-0.05, 0) is 42.5 Å². The van der Waals surface area contributed by atoms with Crippen LogP contribution in [0.25, 0.3) is 0 Å². The first-order chi connectivity index (χ1) is 14.2. The van der Waals surface area contributed by atoms with Gasteiger partial charge in [0, 0.05) is 12.6 Å². The number of hydrogen-bond acceptors (Lipinski definition) is 4. The predicted molar refractivity (Wildman–Crippen MR) is 115 cm³/mol. The molecule has 7 heteroatoms. The molecule has 1 aliphatic rings. The lowest BCUT2D eigenvalue weighted by Gasteiger charge is -2.31. The van der Waals surface area contributed by atoms with Crippen molar-refractivity contribution >= 4 is 15.7 Å². The quantitative estimate of drug-likeness (QED) is 0.664. The first-order valence-electron chi connectivity index (χ1n) is 10.2. The Balaban J connectivity index is 1.81. The van der Waals surface area contributed by atoms with E-state index < -0.39 is 27.8 Å². The maximum atomic E-state index is 13.9.